The van der Waals surface area contributed by atoms with Crippen molar-refractivity contribution in [3.63, 3.8) is 0 Å². The number of hydrogen-bond acceptors (Lipinski definition) is 4. The molecule has 0 spiro atoms. The number of thiazole rings is 1. The zero-order chi connectivity index (χ0) is 15.1. The number of nitrogens with zero attached hydrogens (tertiary/aromatic N) is 1. The Morgan fingerprint density at radius 3 is 2.86 bits per heavy atom. The summed E-state index contributed by atoms with van der Waals surface area (Å²) >= 11 is 1.72. The second-order valence-corrected chi connectivity index (χ2v) is 6.33. The summed E-state index contributed by atoms with van der Waals surface area (Å²) in [6, 6.07) is 8.74. The number of benzene rings is 1. The van der Waals surface area contributed by atoms with Crippen molar-refractivity contribution in [3.05, 3.63) is 45.9 Å². The number of aryl methyl sites for hydroxylation is 1. The molecular weight excluding hydrogens is 280 g/mol. The number of nitrogens with one attached hydrogen (secondary N) is 1. The van der Waals surface area contributed by atoms with Gasteiger partial charge in [0, 0.05) is 17.8 Å². The third-order valence-corrected chi connectivity index (χ3v) is 4.24. The molecule has 0 bridgehead atoms. The summed E-state index contributed by atoms with van der Waals surface area (Å²) in [6.07, 6.45) is 3.11. The molecule has 0 fully saturated rings. The molecule has 114 valence electrons. The standard InChI is InChI=1S/C17H24N2OS/c1-4-8-18-15(11-16-12-21-13(2)19-16)9-14-6-5-7-17(10-14)20-3/h5-7,10,12,15,18H,4,8-9,11H2,1-3H3. The van der Waals surface area contributed by atoms with Gasteiger partial charge in [-0.1, -0.05) is 19.1 Å². The highest BCUT2D eigenvalue weighted by Gasteiger charge is 2.12. The third kappa shape index (κ3) is 5.14. The lowest BCUT2D eigenvalue weighted by Crippen LogP contribution is -2.34. The van der Waals surface area contributed by atoms with Crippen LogP contribution in [0.3, 0.4) is 0 Å². The van der Waals surface area contributed by atoms with Crippen molar-refractivity contribution in [2.45, 2.75) is 39.2 Å². The molecule has 0 aliphatic carbocycles. The molecule has 3 nitrogen and oxygen atoms in total. The van der Waals surface area contributed by atoms with Gasteiger partial charge in [-0.2, -0.15) is 0 Å². The second-order valence-electron chi connectivity index (χ2n) is 5.27. The van der Waals surface area contributed by atoms with Crippen molar-refractivity contribution in [1.29, 1.82) is 0 Å². The van der Waals surface area contributed by atoms with Crippen LogP contribution < -0.4 is 10.1 Å². The average Bonchev–Trinajstić information content (AvgIpc) is 2.90. The maximum Gasteiger partial charge on any atom is 0.119 e. The van der Waals surface area contributed by atoms with Gasteiger partial charge in [-0.05, 0) is 44.0 Å². The zero-order valence-electron chi connectivity index (χ0n) is 13.1. The molecule has 0 saturated heterocycles. The van der Waals surface area contributed by atoms with E-state index in [1.165, 1.54) is 11.3 Å². The number of rotatable bonds is 8. The van der Waals surface area contributed by atoms with Crippen LogP contribution in [0.25, 0.3) is 0 Å². The lowest BCUT2D eigenvalue weighted by atomic mass is 10.0. The molecule has 21 heavy (non-hydrogen) atoms. The SMILES string of the molecule is CCCNC(Cc1cccc(OC)c1)Cc1csc(C)n1. The van der Waals surface area contributed by atoms with Gasteiger partial charge in [-0.25, -0.2) is 4.98 Å². The van der Waals surface area contributed by atoms with Gasteiger partial charge in [-0.15, -0.1) is 11.3 Å². The van der Waals surface area contributed by atoms with Crippen LogP contribution >= 0.6 is 11.3 Å². The molecule has 2 rings (SSSR count). The molecule has 1 heterocycles. The van der Waals surface area contributed by atoms with Crippen molar-refractivity contribution in [2.75, 3.05) is 13.7 Å². The molecule has 1 atom stereocenters. The normalized spacial score (nSPS) is 12.3. The van der Waals surface area contributed by atoms with Gasteiger partial charge in [0.05, 0.1) is 17.8 Å². The van der Waals surface area contributed by atoms with E-state index in [4.69, 9.17) is 4.74 Å². The van der Waals surface area contributed by atoms with Crippen LogP contribution in [0, 0.1) is 6.92 Å². The van der Waals surface area contributed by atoms with Gasteiger partial charge < -0.3 is 10.1 Å². The average molecular weight is 304 g/mol. The van der Waals surface area contributed by atoms with Crippen molar-refractivity contribution in [1.82, 2.24) is 10.3 Å². The predicted octanol–water partition coefficient (Wildman–Crippen LogP) is 3.61. The summed E-state index contributed by atoms with van der Waals surface area (Å²) in [7, 11) is 1.71. The van der Waals surface area contributed by atoms with E-state index in [1.807, 2.05) is 6.07 Å². The van der Waals surface area contributed by atoms with Gasteiger partial charge in [0.15, 0.2) is 0 Å². The number of methoxy groups -OCH3 is 1. The van der Waals surface area contributed by atoms with E-state index >= 15 is 0 Å². The van der Waals surface area contributed by atoms with Crippen LogP contribution in [0.15, 0.2) is 29.6 Å². The molecule has 1 N–H and O–H groups in total. The summed E-state index contributed by atoms with van der Waals surface area (Å²) in [5, 5.41) is 6.94. The maximum atomic E-state index is 5.31. The minimum atomic E-state index is 0.415. The van der Waals surface area contributed by atoms with E-state index in [0.717, 1.165) is 36.6 Å². The fourth-order valence-electron chi connectivity index (χ4n) is 2.40. The topological polar surface area (TPSA) is 34.1 Å². The molecule has 2 aromatic rings. The van der Waals surface area contributed by atoms with Gasteiger partial charge in [-0.3, -0.25) is 0 Å². The fourth-order valence-corrected chi connectivity index (χ4v) is 3.03. The lowest BCUT2D eigenvalue weighted by Gasteiger charge is -2.18. The summed E-state index contributed by atoms with van der Waals surface area (Å²) in [4.78, 5) is 4.59. The van der Waals surface area contributed by atoms with E-state index in [1.54, 1.807) is 18.4 Å². The number of ether oxygens (including phenoxy) is 1. The Morgan fingerprint density at radius 2 is 2.19 bits per heavy atom. The Bertz CT molecular complexity index is 553. The molecular formula is C17H24N2OS. The molecule has 0 radical (unpaired) electrons. The van der Waals surface area contributed by atoms with Crippen molar-refractivity contribution in [2.24, 2.45) is 0 Å². The van der Waals surface area contributed by atoms with Crippen LogP contribution in [-0.2, 0) is 12.8 Å². The van der Waals surface area contributed by atoms with Crippen molar-refractivity contribution in [3.8, 4) is 5.75 Å². The van der Waals surface area contributed by atoms with E-state index in [9.17, 15) is 0 Å². The molecule has 0 amide bonds. The molecule has 0 aliphatic rings. The van der Waals surface area contributed by atoms with Crippen molar-refractivity contribution < 1.29 is 4.74 Å². The van der Waals surface area contributed by atoms with Gasteiger partial charge in [0.2, 0.25) is 0 Å². The van der Waals surface area contributed by atoms with E-state index in [-0.39, 0.29) is 0 Å². The van der Waals surface area contributed by atoms with Gasteiger partial charge >= 0.3 is 0 Å². The van der Waals surface area contributed by atoms with Gasteiger partial charge in [0.25, 0.3) is 0 Å². The monoisotopic (exact) mass is 304 g/mol. The Morgan fingerprint density at radius 1 is 1.33 bits per heavy atom. The fraction of sp³-hybridized carbons (Fsp3) is 0.471. The van der Waals surface area contributed by atoms with Crippen LogP contribution in [0.2, 0.25) is 0 Å². The van der Waals surface area contributed by atoms with Crippen molar-refractivity contribution >= 4 is 11.3 Å². The summed E-state index contributed by atoms with van der Waals surface area (Å²) < 4.78 is 5.31. The zero-order valence-corrected chi connectivity index (χ0v) is 13.9. The lowest BCUT2D eigenvalue weighted by molar-refractivity contribution is 0.413. The Hall–Kier alpha value is -1.39. The van der Waals surface area contributed by atoms with Crippen LogP contribution in [0.4, 0.5) is 0 Å². The van der Waals surface area contributed by atoms with Crippen LogP contribution in [0.5, 0.6) is 5.75 Å². The minimum absolute atomic E-state index is 0.415. The molecule has 4 heteroatoms. The van der Waals surface area contributed by atoms with Crippen LogP contribution in [0.1, 0.15) is 29.6 Å². The third-order valence-electron chi connectivity index (χ3n) is 3.42. The highest BCUT2D eigenvalue weighted by Crippen LogP contribution is 2.16. The Labute approximate surface area is 131 Å². The van der Waals surface area contributed by atoms with E-state index < -0.39 is 0 Å². The summed E-state index contributed by atoms with van der Waals surface area (Å²) in [5.74, 6) is 0.922. The first-order valence-electron chi connectivity index (χ1n) is 7.48. The summed E-state index contributed by atoms with van der Waals surface area (Å²) in [5.41, 5.74) is 2.49. The predicted molar refractivity (Wildman–Crippen MR) is 89.3 cm³/mol. The van der Waals surface area contributed by atoms with Crippen LogP contribution in [-0.4, -0.2) is 24.7 Å². The quantitative estimate of drug-likeness (QED) is 0.809. The number of hydrogen-bond donors (Lipinski definition) is 1. The molecule has 1 aromatic heterocycles. The molecule has 1 unspecified atom stereocenters. The first-order valence-corrected chi connectivity index (χ1v) is 8.36. The maximum absolute atomic E-state index is 5.31. The first kappa shape index (κ1) is 16.0. The Kier molecular flexibility index (Phi) is 6.21. The summed E-state index contributed by atoms with van der Waals surface area (Å²) in [6.45, 7) is 5.30. The number of aromatic nitrogens is 1. The van der Waals surface area contributed by atoms with E-state index in [2.05, 4.69) is 47.7 Å². The minimum Gasteiger partial charge on any atom is -0.497 e. The first-order chi connectivity index (χ1) is 10.2. The molecule has 0 aliphatic heterocycles. The molecule has 1 aromatic carbocycles. The highest BCUT2D eigenvalue weighted by atomic mass is 32.1. The molecule has 0 saturated carbocycles. The smallest absolute Gasteiger partial charge is 0.119 e. The Balaban J connectivity index is 2.04. The largest absolute Gasteiger partial charge is 0.497 e. The van der Waals surface area contributed by atoms with Gasteiger partial charge in [0.1, 0.15) is 5.75 Å². The highest BCUT2D eigenvalue weighted by molar-refractivity contribution is 7.09. The van der Waals surface area contributed by atoms with E-state index in [0.29, 0.717) is 6.04 Å². The second kappa shape index (κ2) is 8.15.